The Morgan fingerprint density at radius 1 is 1.21 bits per heavy atom. The molecule has 0 aliphatic heterocycles. The molecule has 1 amide bonds. The van der Waals surface area contributed by atoms with E-state index in [9.17, 15) is 9.59 Å². The highest BCUT2D eigenvalue weighted by Crippen LogP contribution is 2.06. The van der Waals surface area contributed by atoms with E-state index in [1.807, 2.05) is 6.07 Å². The van der Waals surface area contributed by atoms with E-state index in [4.69, 9.17) is 5.11 Å². The summed E-state index contributed by atoms with van der Waals surface area (Å²) in [5.41, 5.74) is 0.574. The van der Waals surface area contributed by atoms with Gasteiger partial charge in [-0.25, -0.2) is 0 Å². The molecule has 0 saturated carbocycles. The smallest absolute Gasteiger partial charge is 0.307 e. The summed E-state index contributed by atoms with van der Waals surface area (Å²) < 4.78 is 4.56. The number of carbonyl (C=O) groups is 2. The highest BCUT2D eigenvalue weighted by Gasteiger charge is 2.16. The molecule has 19 heavy (non-hydrogen) atoms. The average Bonchev–Trinajstić information content (AvgIpc) is 2.47. The summed E-state index contributed by atoms with van der Waals surface area (Å²) >= 11 is 0. The van der Waals surface area contributed by atoms with Crippen molar-refractivity contribution in [2.45, 2.75) is 12.8 Å². The van der Waals surface area contributed by atoms with Gasteiger partial charge in [0.15, 0.2) is 0 Å². The monoisotopic (exact) mass is 265 g/mol. The number of benzene rings is 1. The molecule has 0 bridgehead atoms. The van der Waals surface area contributed by atoms with Crippen LogP contribution in [0.2, 0.25) is 0 Å². The zero-order valence-corrected chi connectivity index (χ0v) is 11.0. The van der Waals surface area contributed by atoms with E-state index >= 15 is 0 Å². The van der Waals surface area contributed by atoms with Crippen molar-refractivity contribution in [2.24, 2.45) is 0 Å². The Morgan fingerprint density at radius 3 is 2.47 bits per heavy atom. The van der Waals surface area contributed by atoms with Gasteiger partial charge in [-0.1, -0.05) is 18.2 Å². The van der Waals surface area contributed by atoms with Crippen LogP contribution in [0.5, 0.6) is 0 Å². The van der Waals surface area contributed by atoms with Crippen molar-refractivity contribution in [3.05, 3.63) is 35.9 Å². The van der Waals surface area contributed by atoms with Crippen LogP contribution in [0.1, 0.15) is 23.2 Å². The maximum atomic E-state index is 12.2. The van der Waals surface area contributed by atoms with Gasteiger partial charge < -0.3 is 14.7 Å². The topological polar surface area (TPSA) is 66.8 Å². The van der Waals surface area contributed by atoms with Crippen LogP contribution in [-0.2, 0) is 9.53 Å². The predicted octanol–water partition coefficient (Wildman–Crippen LogP) is 1.07. The molecule has 1 aromatic carbocycles. The third-order valence-corrected chi connectivity index (χ3v) is 2.71. The Kier molecular flexibility index (Phi) is 6.60. The largest absolute Gasteiger partial charge is 0.469 e. The van der Waals surface area contributed by atoms with Crippen molar-refractivity contribution < 1.29 is 19.4 Å². The van der Waals surface area contributed by atoms with E-state index in [0.717, 1.165) is 0 Å². The predicted molar refractivity (Wildman–Crippen MR) is 70.7 cm³/mol. The van der Waals surface area contributed by atoms with Gasteiger partial charge in [0.25, 0.3) is 5.91 Å². The third-order valence-electron chi connectivity index (χ3n) is 2.71. The number of esters is 1. The third kappa shape index (κ3) is 5.09. The van der Waals surface area contributed by atoms with E-state index in [1.165, 1.54) is 7.11 Å². The minimum atomic E-state index is -0.352. The highest BCUT2D eigenvalue weighted by atomic mass is 16.5. The van der Waals surface area contributed by atoms with E-state index < -0.39 is 0 Å². The van der Waals surface area contributed by atoms with Crippen molar-refractivity contribution in [1.82, 2.24) is 4.90 Å². The highest BCUT2D eigenvalue weighted by molar-refractivity contribution is 5.94. The van der Waals surface area contributed by atoms with Crippen LogP contribution in [0.4, 0.5) is 0 Å². The van der Waals surface area contributed by atoms with Crippen molar-refractivity contribution in [2.75, 3.05) is 26.8 Å². The van der Waals surface area contributed by atoms with Gasteiger partial charge in [-0.15, -0.1) is 0 Å². The Morgan fingerprint density at radius 2 is 1.89 bits per heavy atom. The molecule has 0 fully saturated rings. The van der Waals surface area contributed by atoms with Gasteiger partial charge in [-0.3, -0.25) is 9.59 Å². The minimum absolute atomic E-state index is 0.0107. The molecule has 0 heterocycles. The second-order valence-corrected chi connectivity index (χ2v) is 4.06. The summed E-state index contributed by atoms with van der Waals surface area (Å²) in [6.45, 7) is 0.721. The summed E-state index contributed by atoms with van der Waals surface area (Å²) in [7, 11) is 1.32. The number of hydrogen-bond acceptors (Lipinski definition) is 4. The maximum absolute atomic E-state index is 12.2. The maximum Gasteiger partial charge on any atom is 0.307 e. The quantitative estimate of drug-likeness (QED) is 0.749. The van der Waals surface area contributed by atoms with Crippen molar-refractivity contribution >= 4 is 11.9 Å². The average molecular weight is 265 g/mol. The molecule has 0 aliphatic rings. The van der Waals surface area contributed by atoms with Crippen molar-refractivity contribution in [3.63, 3.8) is 0 Å². The van der Waals surface area contributed by atoms with Gasteiger partial charge >= 0.3 is 5.97 Å². The van der Waals surface area contributed by atoms with E-state index in [0.29, 0.717) is 25.1 Å². The van der Waals surface area contributed by atoms with E-state index in [1.54, 1.807) is 29.2 Å². The lowest BCUT2D eigenvalue weighted by Crippen LogP contribution is -2.34. The molecule has 0 spiro atoms. The number of nitrogens with zero attached hydrogens (tertiary/aromatic N) is 1. The van der Waals surface area contributed by atoms with Crippen molar-refractivity contribution in [1.29, 1.82) is 0 Å². The number of carbonyl (C=O) groups excluding carboxylic acids is 2. The van der Waals surface area contributed by atoms with Gasteiger partial charge in [0.2, 0.25) is 0 Å². The van der Waals surface area contributed by atoms with E-state index in [-0.39, 0.29) is 24.9 Å². The number of rotatable bonds is 7. The first-order chi connectivity index (χ1) is 9.19. The second kappa shape index (κ2) is 8.26. The van der Waals surface area contributed by atoms with Gasteiger partial charge in [0, 0.05) is 25.3 Å². The molecule has 0 unspecified atom stereocenters. The zero-order valence-electron chi connectivity index (χ0n) is 11.0. The van der Waals surface area contributed by atoms with Crippen LogP contribution in [0.15, 0.2) is 30.3 Å². The Balaban J connectivity index is 2.67. The first-order valence-corrected chi connectivity index (χ1v) is 6.21. The summed E-state index contributed by atoms with van der Waals surface area (Å²) in [5.74, 6) is -0.493. The van der Waals surface area contributed by atoms with Crippen LogP contribution in [0.3, 0.4) is 0 Å². The molecule has 0 atom stereocenters. The first-order valence-electron chi connectivity index (χ1n) is 6.21. The second-order valence-electron chi connectivity index (χ2n) is 4.06. The molecule has 5 heteroatoms. The summed E-state index contributed by atoms with van der Waals surface area (Å²) in [6.07, 6.45) is 0.639. The molecule has 0 saturated heterocycles. The van der Waals surface area contributed by atoms with Crippen LogP contribution < -0.4 is 0 Å². The molecule has 0 aliphatic carbocycles. The van der Waals surface area contributed by atoms with E-state index in [2.05, 4.69) is 4.74 Å². The SMILES string of the molecule is COC(=O)CCN(CCCO)C(=O)c1ccccc1. The molecule has 1 aromatic rings. The number of amides is 1. The van der Waals surface area contributed by atoms with Crippen LogP contribution >= 0.6 is 0 Å². The molecule has 0 aromatic heterocycles. The van der Waals surface area contributed by atoms with Gasteiger partial charge in [0.1, 0.15) is 0 Å². The zero-order chi connectivity index (χ0) is 14.1. The number of aliphatic hydroxyl groups excluding tert-OH is 1. The molecule has 104 valence electrons. The fourth-order valence-corrected chi connectivity index (χ4v) is 1.67. The number of methoxy groups -OCH3 is 1. The lowest BCUT2D eigenvalue weighted by atomic mass is 10.2. The first kappa shape index (κ1) is 15.2. The Labute approximate surface area is 112 Å². The van der Waals surface area contributed by atoms with Gasteiger partial charge in [-0.2, -0.15) is 0 Å². The molecular weight excluding hydrogens is 246 g/mol. The minimum Gasteiger partial charge on any atom is -0.469 e. The summed E-state index contributed by atoms with van der Waals surface area (Å²) in [5, 5.41) is 8.86. The number of hydrogen-bond donors (Lipinski definition) is 1. The Hall–Kier alpha value is -1.88. The molecule has 1 rings (SSSR count). The van der Waals surface area contributed by atoms with Crippen LogP contribution in [-0.4, -0.2) is 48.7 Å². The Bertz CT molecular complexity index is 405. The van der Waals surface area contributed by atoms with Gasteiger partial charge in [0.05, 0.1) is 13.5 Å². The lowest BCUT2D eigenvalue weighted by molar-refractivity contribution is -0.140. The summed E-state index contributed by atoms with van der Waals surface area (Å²) in [6, 6.07) is 8.87. The lowest BCUT2D eigenvalue weighted by Gasteiger charge is -2.22. The van der Waals surface area contributed by atoms with Crippen LogP contribution in [0.25, 0.3) is 0 Å². The van der Waals surface area contributed by atoms with Crippen molar-refractivity contribution in [3.8, 4) is 0 Å². The fourth-order valence-electron chi connectivity index (χ4n) is 1.67. The fraction of sp³-hybridized carbons (Fsp3) is 0.429. The molecule has 0 radical (unpaired) electrons. The summed E-state index contributed by atoms with van der Waals surface area (Å²) in [4.78, 5) is 24.9. The molecule has 1 N–H and O–H groups in total. The number of aliphatic hydroxyl groups is 1. The van der Waals surface area contributed by atoms with Gasteiger partial charge in [-0.05, 0) is 18.6 Å². The molecular formula is C14H19NO4. The standard InChI is InChI=1S/C14H19NO4/c1-19-13(17)8-10-15(9-5-11-16)14(18)12-6-3-2-4-7-12/h2-4,6-7,16H,5,8-11H2,1H3. The molecule has 5 nitrogen and oxygen atoms in total. The normalized spacial score (nSPS) is 10.0. The van der Waals surface area contributed by atoms with Crippen LogP contribution in [0, 0.1) is 0 Å². The number of ether oxygens (including phenoxy) is 1.